The summed E-state index contributed by atoms with van der Waals surface area (Å²) in [7, 11) is 0. The Morgan fingerprint density at radius 2 is 2.05 bits per heavy atom. The summed E-state index contributed by atoms with van der Waals surface area (Å²) in [5.74, 6) is 1.54. The van der Waals surface area contributed by atoms with Crippen LogP contribution in [0.2, 0.25) is 0 Å². The fourth-order valence-electron chi connectivity index (χ4n) is 3.44. The predicted molar refractivity (Wildman–Crippen MR) is 85.8 cm³/mol. The molecule has 1 unspecified atom stereocenters. The number of aromatic nitrogens is 2. The lowest BCUT2D eigenvalue weighted by molar-refractivity contribution is 0.173. The third-order valence-corrected chi connectivity index (χ3v) is 5.39. The van der Waals surface area contributed by atoms with E-state index in [1.807, 2.05) is 4.68 Å². The maximum absolute atomic E-state index is 9.71. The van der Waals surface area contributed by atoms with E-state index >= 15 is 0 Å². The molecular weight excluding hydrogens is 258 g/mol. The second kappa shape index (κ2) is 6.64. The van der Waals surface area contributed by atoms with Crippen LogP contribution in [0.3, 0.4) is 0 Å². The molecule has 0 aliphatic heterocycles. The molecule has 1 aliphatic rings. The van der Waals surface area contributed by atoms with Gasteiger partial charge < -0.3 is 0 Å². The largest absolute Gasteiger partial charge is 0.270 e. The van der Waals surface area contributed by atoms with Gasteiger partial charge in [0.15, 0.2) is 0 Å². The molecule has 1 atom stereocenters. The molecule has 0 spiro atoms. The first-order chi connectivity index (χ1) is 9.99. The van der Waals surface area contributed by atoms with Crippen molar-refractivity contribution in [2.24, 2.45) is 17.3 Å². The first kappa shape index (κ1) is 16.1. The Bertz CT molecular complexity index is 487. The van der Waals surface area contributed by atoms with Gasteiger partial charge in [0.2, 0.25) is 0 Å². The number of hydrogen-bond acceptors (Lipinski definition) is 2. The standard InChI is InChI=1S/C18H29N3/c1-5-15(4)21-11-8-17(20-21)12-18(13-19)9-6-16(7-10-18)14(2)3/h8,11,14-16H,5-7,9-10,12H2,1-4H3. The van der Waals surface area contributed by atoms with Crippen molar-refractivity contribution < 1.29 is 0 Å². The molecule has 0 aromatic carbocycles. The van der Waals surface area contributed by atoms with E-state index < -0.39 is 0 Å². The third-order valence-electron chi connectivity index (χ3n) is 5.39. The summed E-state index contributed by atoms with van der Waals surface area (Å²) < 4.78 is 2.04. The van der Waals surface area contributed by atoms with E-state index in [0.717, 1.165) is 43.2 Å². The van der Waals surface area contributed by atoms with Gasteiger partial charge in [0.1, 0.15) is 0 Å². The lowest BCUT2D eigenvalue weighted by atomic mass is 9.67. The molecule has 2 rings (SSSR count). The molecule has 0 bridgehead atoms. The molecule has 1 heterocycles. The average Bonchev–Trinajstić information content (AvgIpc) is 2.95. The molecule has 1 fully saturated rings. The minimum atomic E-state index is -0.181. The summed E-state index contributed by atoms with van der Waals surface area (Å²) in [6, 6.07) is 5.16. The van der Waals surface area contributed by atoms with Crippen molar-refractivity contribution in [3.63, 3.8) is 0 Å². The van der Waals surface area contributed by atoms with Gasteiger partial charge in [-0.05, 0) is 56.9 Å². The molecular formula is C18H29N3. The number of hydrogen-bond donors (Lipinski definition) is 0. The zero-order chi connectivity index (χ0) is 15.5. The fourth-order valence-corrected chi connectivity index (χ4v) is 3.44. The van der Waals surface area contributed by atoms with E-state index in [9.17, 15) is 5.26 Å². The highest BCUT2D eigenvalue weighted by molar-refractivity contribution is 5.11. The minimum absolute atomic E-state index is 0.181. The highest BCUT2D eigenvalue weighted by atomic mass is 15.3. The van der Waals surface area contributed by atoms with Gasteiger partial charge in [-0.15, -0.1) is 0 Å². The Morgan fingerprint density at radius 1 is 1.38 bits per heavy atom. The Hall–Kier alpha value is -1.30. The zero-order valence-electron chi connectivity index (χ0n) is 14.0. The molecule has 0 radical (unpaired) electrons. The summed E-state index contributed by atoms with van der Waals surface area (Å²) in [4.78, 5) is 0. The van der Waals surface area contributed by atoms with E-state index in [2.05, 4.69) is 51.1 Å². The smallest absolute Gasteiger partial charge is 0.0693 e. The van der Waals surface area contributed by atoms with Gasteiger partial charge in [-0.2, -0.15) is 10.4 Å². The minimum Gasteiger partial charge on any atom is -0.270 e. The molecule has 1 saturated carbocycles. The second-order valence-corrected chi connectivity index (χ2v) is 7.19. The first-order valence-electron chi connectivity index (χ1n) is 8.45. The normalized spacial score (nSPS) is 27.5. The second-order valence-electron chi connectivity index (χ2n) is 7.19. The van der Waals surface area contributed by atoms with Crippen LogP contribution >= 0.6 is 0 Å². The number of nitriles is 1. The molecule has 0 saturated heterocycles. The lowest BCUT2D eigenvalue weighted by Gasteiger charge is -2.36. The summed E-state index contributed by atoms with van der Waals surface area (Å²) >= 11 is 0. The summed E-state index contributed by atoms with van der Waals surface area (Å²) in [5.41, 5.74) is 0.903. The molecule has 0 amide bonds. The van der Waals surface area contributed by atoms with Crippen LogP contribution in [0.4, 0.5) is 0 Å². The van der Waals surface area contributed by atoms with E-state index in [-0.39, 0.29) is 5.41 Å². The molecule has 1 aromatic heterocycles. The van der Waals surface area contributed by atoms with E-state index in [4.69, 9.17) is 0 Å². The third kappa shape index (κ3) is 3.67. The molecule has 3 heteroatoms. The lowest BCUT2D eigenvalue weighted by Crippen LogP contribution is -2.30. The highest BCUT2D eigenvalue weighted by Crippen LogP contribution is 2.43. The summed E-state index contributed by atoms with van der Waals surface area (Å²) in [6.45, 7) is 8.97. The van der Waals surface area contributed by atoms with Crippen LogP contribution in [0.5, 0.6) is 0 Å². The van der Waals surface area contributed by atoms with Crippen LogP contribution in [0.25, 0.3) is 0 Å². The quantitative estimate of drug-likeness (QED) is 0.784. The van der Waals surface area contributed by atoms with Gasteiger partial charge >= 0.3 is 0 Å². The van der Waals surface area contributed by atoms with Crippen LogP contribution < -0.4 is 0 Å². The Labute approximate surface area is 129 Å². The van der Waals surface area contributed by atoms with Crippen molar-refractivity contribution in [2.45, 2.75) is 72.3 Å². The van der Waals surface area contributed by atoms with Crippen LogP contribution in [-0.4, -0.2) is 9.78 Å². The van der Waals surface area contributed by atoms with Crippen molar-refractivity contribution in [2.75, 3.05) is 0 Å². The SMILES string of the molecule is CCC(C)n1ccc(CC2(C#N)CCC(C(C)C)CC2)n1. The topological polar surface area (TPSA) is 41.6 Å². The van der Waals surface area contributed by atoms with Gasteiger partial charge in [-0.25, -0.2) is 0 Å². The van der Waals surface area contributed by atoms with Gasteiger partial charge in [0, 0.05) is 18.7 Å². The van der Waals surface area contributed by atoms with Crippen molar-refractivity contribution >= 4 is 0 Å². The van der Waals surface area contributed by atoms with Crippen molar-refractivity contribution in [3.05, 3.63) is 18.0 Å². The average molecular weight is 287 g/mol. The maximum Gasteiger partial charge on any atom is 0.0693 e. The Kier molecular flexibility index (Phi) is 5.08. The molecule has 116 valence electrons. The molecule has 3 nitrogen and oxygen atoms in total. The fraction of sp³-hybridized carbons (Fsp3) is 0.778. The monoisotopic (exact) mass is 287 g/mol. The number of nitrogens with zero attached hydrogens (tertiary/aromatic N) is 3. The van der Waals surface area contributed by atoms with Gasteiger partial charge in [0.05, 0.1) is 17.2 Å². The highest BCUT2D eigenvalue weighted by Gasteiger charge is 2.37. The molecule has 1 aliphatic carbocycles. The van der Waals surface area contributed by atoms with Crippen molar-refractivity contribution in [1.82, 2.24) is 9.78 Å². The molecule has 1 aromatic rings. The van der Waals surface area contributed by atoms with E-state index in [1.165, 1.54) is 12.8 Å². The van der Waals surface area contributed by atoms with Gasteiger partial charge in [-0.1, -0.05) is 20.8 Å². The van der Waals surface area contributed by atoms with Gasteiger partial charge in [0.25, 0.3) is 0 Å². The van der Waals surface area contributed by atoms with Crippen molar-refractivity contribution in [1.29, 1.82) is 5.26 Å². The Balaban J connectivity index is 2.03. The van der Waals surface area contributed by atoms with E-state index in [0.29, 0.717) is 6.04 Å². The number of rotatable bonds is 5. The summed E-state index contributed by atoms with van der Waals surface area (Å²) in [6.07, 6.45) is 8.41. The van der Waals surface area contributed by atoms with Crippen LogP contribution in [0.1, 0.15) is 71.5 Å². The van der Waals surface area contributed by atoms with E-state index in [1.54, 1.807) is 0 Å². The van der Waals surface area contributed by atoms with Crippen LogP contribution in [0, 0.1) is 28.6 Å². The zero-order valence-corrected chi connectivity index (χ0v) is 14.0. The van der Waals surface area contributed by atoms with Gasteiger partial charge in [-0.3, -0.25) is 4.68 Å². The van der Waals surface area contributed by atoms with Crippen molar-refractivity contribution in [3.8, 4) is 6.07 Å². The van der Waals surface area contributed by atoms with Crippen LogP contribution in [-0.2, 0) is 6.42 Å². The maximum atomic E-state index is 9.71. The molecule has 0 N–H and O–H groups in total. The Morgan fingerprint density at radius 3 is 2.57 bits per heavy atom. The van der Waals surface area contributed by atoms with Crippen LogP contribution in [0.15, 0.2) is 12.3 Å². The first-order valence-corrected chi connectivity index (χ1v) is 8.45. The molecule has 21 heavy (non-hydrogen) atoms. The predicted octanol–water partition coefficient (Wildman–Crippen LogP) is 4.75. The summed E-state index contributed by atoms with van der Waals surface area (Å²) in [5, 5.41) is 14.4.